The van der Waals surface area contributed by atoms with Crippen LogP contribution in [0, 0.1) is 28.9 Å². The van der Waals surface area contributed by atoms with Crippen molar-refractivity contribution in [2.75, 3.05) is 11.9 Å². The maximum absolute atomic E-state index is 10.9. The van der Waals surface area contributed by atoms with Gasteiger partial charge in [0.1, 0.15) is 0 Å². The van der Waals surface area contributed by atoms with Crippen molar-refractivity contribution in [2.45, 2.75) is 46.0 Å². The Morgan fingerprint density at radius 3 is 2.86 bits per heavy atom. The van der Waals surface area contributed by atoms with Gasteiger partial charge in [-0.2, -0.15) is 0 Å². The molecular formula is C16H23BrN2O2. The second kappa shape index (κ2) is 7.25. The predicted octanol–water partition coefficient (Wildman–Crippen LogP) is 5.29. The summed E-state index contributed by atoms with van der Waals surface area (Å²) in [5.41, 5.74) is 1.80. The molecule has 0 amide bonds. The third kappa shape index (κ3) is 4.43. The van der Waals surface area contributed by atoms with Gasteiger partial charge in [-0.1, -0.05) is 26.2 Å². The summed E-state index contributed by atoms with van der Waals surface area (Å²) in [7, 11) is 0. The fourth-order valence-corrected chi connectivity index (χ4v) is 3.71. The van der Waals surface area contributed by atoms with Gasteiger partial charge in [-0.05, 0) is 53.6 Å². The molecule has 1 aliphatic carbocycles. The lowest BCUT2D eigenvalue weighted by molar-refractivity contribution is -0.385. The molecule has 0 saturated heterocycles. The lowest BCUT2D eigenvalue weighted by Crippen LogP contribution is -2.16. The number of hydrogen-bond donors (Lipinski definition) is 1. The highest BCUT2D eigenvalue weighted by atomic mass is 79.9. The van der Waals surface area contributed by atoms with E-state index < -0.39 is 0 Å². The molecule has 5 heteroatoms. The second-order valence-corrected chi connectivity index (χ2v) is 7.08. The van der Waals surface area contributed by atoms with Crippen molar-refractivity contribution < 1.29 is 4.92 Å². The maximum Gasteiger partial charge on any atom is 0.273 e. The van der Waals surface area contributed by atoms with Crippen LogP contribution in [0.5, 0.6) is 0 Å². The van der Waals surface area contributed by atoms with E-state index in [9.17, 15) is 10.1 Å². The van der Waals surface area contributed by atoms with Crippen molar-refractivity contribution in [2.24, 2.45) is 11.8 Å². The molecule has 1 N–H and O–H groups in total. The van der Waals surface area contributed by atoms with Crippen molar-refractivity contribution in [3.05, 3.63) is 32.3 Å². The average molecular weight is 355 g/mol. The highest BCUT2D eigenvalue weighted by molar-refractivity contribution is 9.10. The summed E-state index contributed by atoms with van der Waals surface area (Å²) in [5, 5.41) is 14.3. The predicted molar refractivity (Wildman–Crippen MR) is 89.8 cm³/mol. The minimum atomic E-state index is -0.340. The molecule has 1 aromatic carbocycles. The lowest BCUT2D eigenvalue weighted by Gasteiger charge is -2.26. The van der Waals surface area contributed by atoms with Crippen LogP contribution in [0.3, 0.4) is 0 Å². The first-order valence-corrected chi connectivity index (χ1v) is 8.45. The number of aryl methyl sites for hydroxylation is 1. The van der Waals surface area contributed by atoms with Crippen molar-refractivity contribution in [3.63, 3.8) is 0 Å². The molecule has 0 spiro atoms. The Morgan fingerprint density at radius 2 is 2.19 bits per heavy atom. The van der Waals surface area contributed by atoms with E-state index in [1.54, 1.807) is 13.0 Å². The standard InChI is InChI=1S/C16H23BrN2O2/c1-11-4-3-5-13(8-11)6-7-18-15-9-12(2)16(19(20)21)10-14(15)17/h9-11,13,18H,3-8H2,1-2H3. The molecule has 0 radical (unpaired) electrons. The minimum absolute atomic E-state index is 0.161. The number of benzene rings is 1. The molecule has 4 nitrogen and oxygen atoms in total. The summed E-state index contributed by atoms with van der Waals surface area (Å²) in [6.07, 6.45) is 6.57. The van der Waals surface area contributed by atoms with Gasteiger partial charge in [-0.15, -0.1) is 0 Å². The van der Waals surface area contributed by atoms with Gasteiger partial charge < -0.3 is 5.32 Å². The Morgan fingerprint density at radius 1 is 1.43 bits per heavy atom. The van der Waals surface area contributed by atoms with Crippen molar-refractivity contribution >= 4 is 27.3 Å². The van der Waals surface area contributed by atoms with E-state index in [-0.39, 0.29) is 10.6 Å². The largest absolute Gasteiger partial charge is 0.384 e. The normalized spacial score (nSPS) is 22.0. The number of nitro benzene ring substituents is 1. The third-order valence-electron chi connectivity index (χ3n) is 4.40. The van der Waals surface area contributed by atoms with E-state index in [0.29, 0.717) is 5.56 Å². The summed E-state index contributed by atoms with van der Waals surface area (Å²) >= 11 is 3.42. The number of nitrogens with zero attached hydrogens (tertiary/aromatic N) is 1. The zero-order valence-corrected chi connectivity index (χ0v) is 14.3. The van der Waals surface area contributed by atoms with Crippen LogP contribution in [0.25, 0.3) is 0 Å². The fourth-order valence-electron chi connectivity index (χ4n) is 3.24. The SMILES string of the molecule is Cc1cc(NCCC2CCCC(C)C2)c(Br)cc1[N+](=O)[O-]. The van der Waals surface area contributed by atoms with Gasteiger partial charge in [0.05, 0.1) is 4.92 Å². The van der Waals surface area contributed by atoms with Crippen LogP contribution in [0.1, 0.15) is 44.6 Å². The molecule has 0 aromatic heterocycles. The first kappa shape index (κ1) is 16.3. The number of rotatable bonds is 5. The Labute approximate surface area is 134 Å². The highest BCUT2D eigenvalue weighted by Gasteiger charge is 2.19. The smallest absolute Gasteiger partial charge is 0.273 e. The molecule has 0 bridgehead atoms. The van der Waals surface area contributed by atoms with Gasteiger partial charge in [-0.3, -0.25) is 10.1 Å². The van der Waals surface area contributed by atoms with E-state index >= 15 is 0 Å². The van der Waals surface area contributed by atoms with Gasteiger partial charge in [0.15, 0.2) is 0 Å². The monoisotopic (exact) mass is 354 g/mol. The molecule has 1 aliphatic rings. The summed E-state index contributed by atoms with van der Waals surface area (Å²) in [5.74, 6) is 1.68. The quantitative estimate of drug-likeness (QED) is 0.576. The fraction of sp³-hybridized carbons (Fsp3) is 0.625. The molecule has 1 aromatic rings. The van der Waals surface area contributed by atoms with Crippen molar-refractivity contribution in [1.29, 1.82) is 0 Å². The zero-order valence-electron chi connectivity index (χ0n) is 12.7. The van der Waals surface area contributed by atoms with Gasteiger partial charge in [-0.25, -0.2) is 0 Å². The Bertz CT molecular complexity index is 519. The zero-order chi connectivity index (χ0) is 15.4. The molecule has 0 heterocycles. The van der Waals surface area contributed by atoms with Crippen molar-refractivity contribution in [3.8, 4) is 0 Å². The average Bonchev–Trinajstić information content (AvgIpc) is 2.42. The van der Waals surface area contributed by atoms with Gasteiger partial charge >= 0.3 is 0 Å². The van der Waals surface area contributed by atoms with Crippen LogP contribution < -0.4 is 5.32 Å². The topological polar surface area (TPSA) is 55.2 Å². The Kier molecular flexibility index (Phi) is 5.62. The van der Waals surface area contributed by atoms with Crippen molar-refractivity contribution in [1.82, 2.24) is 0 Å². The molecule has 1 fully saturated rings. The number of nitro groups is 1. The summed E-state index contributed by atoms with van der Waals surface area (Å²) in [6, 6.07) is 3.44. The minimum Gasteiger partial charge on any atom is -0.384 e. The van der Waals surface area contributed by atoms with E-state index in [0.717, 1.165) is 28.5 Å². The molecule has 2 unspecified atom stereocenters. The number of anilines is 1. The maximum atomic E-state index is 10.9. The lowest BCUT2D eigenvalue weighted by atomic mass is 9.81. The van der Waals surface area contributed by atoms with Crippen LogP contribution in [0.4, 0.5) is 11.4 Å². The first-order valence-electron chi connectivity index (χ1n) is 7.65. The molecule has 0 aliphatic heterocycles. The number of halogens is 1. The van der Waals surface area contributed by atoms with E-state index in [1.165, 1.54) is 32.1 Å². The van der Waals surface area contributed by atoms with Crippen LogP contribution in [-0.2, 0) is 0 Å². The van der Waals surface area contributed by atoms with Crippen LogP contribution in [0.2, 0.25) is 0 Å². The van der Waals surface area contributed by atoms with E-state index in [1.807, 2.05) is 6.07 Å². The molecule has 2 rings (SSSR count). The number of nitrogens with one attached hydrogen (secondary N) is 1. The van der Waals surface area contributed by atoms with E-state index in [2.05, 4.69) is 28.2 Å². The summed E-state index contributed by atoms with van der Waals surface area (Å²) in [4.78, 5) is 10.6. The van der Waals surface area contributed by atoms with E-state index in [4.69, 9.17) is 0 Å². The van der Waals surface area contributed by atoms with Gasteiger partial charge in [0.2, 0.25) is 0 Å². The molecule has 2 atom stereocenters. The van der Waals surface area contributed by atoms with Crippen LogP contribution >= 0.6 is 15.9 Å². The highest BCUT2D eigenvalue weighted by Crippen LogP contribution is 2.32. The molecular weight excluding hydrogens is 332 g/mol. The molecule has 116 valence electrons. The third-order valence-corrected chi connectivity index (χ3v) is 5.05. The molecule has 1 saturated carbocycles. The Hall–Kier alpha value is -1.10. The first-order chi connectivity index (χ1) is 9.97. The van der Waals surface area contributed by atoms with Gasteiger partial charge in [0.25, 0.3) is 5.69 Å². The van der Waals surface area contributed by atoms with Crippen LogP contribution in [-0.4, -0.2) is 11.5 Å². The van der Waals surface area contributed by atoms with Gasteiger partial charge in [0, 0.05) is 28.3 Å². The summed E-state index contributed by atoms with van der Waals surface area (Å²) in [6.45, 7) is 5.04. The Balaban J connectivity index is 1.91. The number of hydrogen-bond acceptors (Lipinski definition) is 3. The second-order valence-electron chi connectivity index (χ2n) is 6.23. The molecule has 21 heavy (non-hydrogen) atoms. The summed E-state index contributed by atoms with van der Waals surface area (Å²) < 4.78 is 0.761. The van der Waals surface area contributed by atoms with Crippen LogP contribution in [0.15, 0.2) is 16.6 Å².